The summed E-state index contributed by atoms with van der Waals surface area (Å²) in [5.41, 5.74) is 2.62. The van der Waals surface area contributed by atoms with Crippen LogP contribution in [0.4, 0.5) is 0 Å². The first-order valence-electron chi connectivity index (χ1n) is 11.1. The van der Waals surface area contributed by atoms with Gasteiger partial charge in [-0.2, -0.15) is 4.31 Å². The van der Waals surface area contributed by atoms with E-state index in [9.17, 15) is 18.0 Å². The molecule has 3 aromatic rings. The highest BCUT2D eigenvalue weighted by Crippen LogP contribution is 2.26. The number of fused-ring (bicyclic) bond motifs is 1. The second-order valence-corrected chi connectivity index (χ2v) is 10.5. The molecule has 2 heterocycles. The molecule has 4 rings (SSSR count). The van der Waals surface area contributed by atoms with Crippen LogP contribution in [0.1, 0.15) is 39.9 Å². The molecule has 0 saturated carbocycles. The van der Waals surface area contributed by atoms with Gasteiger partial charge in [0.05, 0.1) is 23.7 Å². The topological polar surface area (TPSA) is 106 Å². The van der Waals surface area contributed by atoms with Crippen molar-refractivity contribution in [2.75, 3.05) is 20.3 Å². The Morgan fingerprint density at radius 1 is 1.21 bits per heavy atom. The number of hydrogen-bond donors (Lipinski definition) is 1. The molecule has 1 atom stereocenters. The van der Waals surface area contributed by atoms with E-state index in [2.05, 4.69) is 4.98 Å². The Hall–Kier alpha value is -3.01. The standard InChI is InChI=1S/C25H28N2O6S/c1-16-11-17(2)21-13-18(24(28)26-22(21)12-16)14-27(15-19-7-6-10-33-19)34(30,31)23-9-5-4-8-20(23)25(29)32-3/h4-5,8-9,11-13,19H,6-7,10,14-15H2,1-3H3,(H,26,28). The Labute approximate surface area is 198 Å². The number of benzene rings is 2. The van der Waals surface area contributed by atoms with E-state index in [1.165, 1.54) is 23.5 Å². The number of carbonyl (C=O) groups excluding carboxylic acids is 1. The number of aromatic amines is 1. The van der Waals surface area contributed by atoms with Gasteiger partial charge in [-0.25, -0.2) is 13.2 Å². The van der Waals surface area contributed by atoms with Crippen LogP contribution >= 0.6 is 0 Å². The fourth-order valence-corrected chi connectivity index (χ4v) is 6.03. The Morgan fingerprint density at radius 2 is 1.97 bits per heavy atom. The number of nitrogens with zero attached hydrogens (tertiary/aromatic N) is 1. The van der Waals surface area contributed by atoms with Crippen molar-refractivity contribution < 1.29 is 22.7 Å². The summed E-state index contributed by atoms with van der Waals surface area (Å²) < 4.78 is 39.3. The highest BCUT2D eigenvalue weighted by Gasteiger charge is 2.33. The molecule has 1 saturated heterocycles. The van der Waals surface area contributed by atoms with Crippen molar-refractivity contribution in [3.05, 3.63) is 75.1 Å². The predicted molar refractivity (Wildman–Crippen MR) is 128 cm³/mol. The van der Waals surface area contributed by atoms with Gasteiger partial charge in [0.1, 0.15) is 0 Å². The Balaban J connectivity index is 1.79. The lowest BCUT2D eigenvalue weighted by molar-refractivity contribution is 0.0596. The van der Waals surface area contributed by atoms with Gasteiger partial charge in [-0.15, -0.1) is 0 Å². The number of sulfonamides is 1. The molecule has 1 unspecified atom stereocenters. The summed E-state index contributed by atoms with van der Waals surface area (Å²) in [6.45, 7) is 4.38. The molecule has 1 fully saturated rings. The van der Waals surface area contributed by atoms with Crippen LogP contribution < -0.4 is 5.56 Å². The first kappa shape index (κ1) is 24.1. The SMILES string of the molecule is COC(=O)c1ccccc1S(=O)(=O)N(Cc1cc2c(C)cc(C)cc2[nH]c1=O)CC1CCCO1. The number of aromatic nitrogens is 1. The minimum atomic E-state index is -4.16. The fraction of sp³-hybridized carbons (Fsp3) is 0.360. The van der Waals surface area contributed by atoms with Crippen molar-refractivity contribution in [3.63, 3.8) is 0 Å². The Bertz CT molecular complexity index is 1390. The molecular weight excluding hydrogens is 456 g/mol. The number of carbonyl (C=O) groups is 1. The van der Waals surface area contributed by atoms with Crippen molar-refractivity contribution in [3.8, 4) is 0 Å². The van der Waals surface area contributed by atoms with Crippen molar-refractivity contribution in [2.45, 2.75) is 44.2 Å². The van der Waals surface area contributed by atoms with E-state index in [0.717, 1.165) is 29.4 Å². The summed E-state index contributed by atoms with van der Waals surface area (Å²) in [6, 6.07) is 11.6. The first-order valence-corrected chi connectivity index (χ1v) is 12.6. The fourth-order valence-electron chi connectivity index (χ4n) is 4.40. The summed E-state index contributed by atoms with van der Waals surface area (Å²) >= 11 is 0. The molecule has 0 spiro atoms. The Morgan fingerprint density at radius 3 is 2.68 bits per heavy atom. The predicted octanol–water partition coefficient (Wildman–Crippen LogP) is 3.30. The van der Waals surface area contributed by atoms with Crippen molar-refractivity contribution >= 4 is 26.9 Å². The number of nitrogens with one attached hydrogen (secondary N) is 1. The minimum Gasteiger partial charge on any atom is -0.465 e. The quantitative estimate of drug-likeness (QED) is 0.516. The van der Waals surface area contributed by atoms with Gasteiger partial charge in [-0.1, -0.05) is 18.2 Å². The van der Waals surface area contributed by atoms with Crippen LogP contribution in [0.2, 0.25) is 0 Å². The molecule has 9 heteroatoms. The van der Waals surface area contributed by atoms with E-state index in [1.54, 1.807) is 18.2 Å². The maximum absolute atomic E-state index is 13.8. The highest BCUT2D eigenvalue weighted by atomic mass is 32.2. The van der Waals surface area contributed by atoms with Crippen LogP contribution in [0, 0.1) is 13.8 Å². The number of ether oxygens (including phenoxy) is 2. The number of aryl methyl sites for hydroxylation is 2. The number of hydrogen-bond acceptors (Lipinski definition) is 6. The number of H-pyrrole nitrogens is 1. The molecule has 34 heavy (non-hydrogen) atoms. The van der Waals surface area contributed by atoms with Gasteiger partial charge >= 0.3 is 5.97 Å². The lowest BCUT2D eigenvalue weighted by atomic mass is 10.0. The largest absolute Gasteiger partial charge is 0.465 e. The molecule has 1 aliphatic rings. The monoisotopic (exact) mass is 484 g/mol. The maximum Gasteiger partial charge on any atom is 0.339 e. The van der Waals surface area contributed by atoms with Gasteiger partial charge in [0, 0.05) is 36.2 Å². The summed E-state index contributed by atoms with van der Waals surface area (Å²) in [5, 5.41) is 0.852. The molecule has 180 valence electrons. The van der Waals surface area contributed by atoms with Gasteiger partial charge in [-0.3, -0.25) is 4.79 Å². The van der Waals surface area contributed by atoms with E-state index in [4.69, 9.17) is 9.47 Å². The second kappa shape index (κ2) is 9.69. The number of pyridine rings is 1. The van der Waals surface area contributed by atoms with Crippen molar-refractivity contribution in [1.29, 1.82) is 0 Å². The van der Waals surface area contributed by atoms with E-state index >= 15 is 0 Å². The molecule has 0 radical (unpaired) electrons. The van der Waals surface area contributed by atoms with Crippen LogP contribution in [0.25, 0.3) is 10.9 Å². The molecule has 1 aliphatic heterocycles. The van der Waals surface area contributed by atoms with Gasteiger partial charge in [0.25, 0.3) is 5.56 Å². The van der Waals surface area contributed by atoms with Gasteiger partial charge in [0.2, 0.25) is 10.0 Å². The van der Waals surface area contributed by atoms with E-state index in [0.29, 0.717) is 17.7 Å². The summed E-state index contributed by atoms with van der Waals surface area (Å²) in [5.74, 6) is -0.745. The average molecular weight is 485 g/mol. The third-order valence-corrected chi connectivity index (χ3v) is 7.95. The first-order chi connectivity index (χ1) is 16.2. The van der Waals surface area contributed by atoms with Gasteiger partial charge < -0.3 is 14.5 Å². The average Bonchev–Trinajstić information content (AvgIpc) is 3.32. The molecule has 2 aromatic carbocycles. The van der Waals surface area contributed by atoms with E-state index in [1.807, 2.05) is 26.0 Å². The highest BCUT2D eigenvalue weighted by molar-refractivity contribution is 7.89. The maximum atomic E-state index is 13.8. The van der Waals surface area contributed by atoms with E-state index < -0.39 is 16.0 Å². The second-order valence-electron chi connectivity index (χ2n) is 8.59. The third-order valence-electron chi connectivity index (χ3n) is 6.08. The number of methoxy groups -OCH3 is 1. The summed E-state index contributed by atoms with van der Waals surface area (Å²) in [4.78, 5) is 27.9. The minimum absolute atomic E-state index is 0.0546. The van der Waals surface area contributed by atoms with Crippen LogP contribution in [0.3, 0.4) is 0 Å². The lowest BCUT2D eigenvalue weighted by Crippen LogP contribution is -2.39. The zero-order valence-corrected chi connectivity index (χ0v) is 20.3. The van der Waals surface area contributed by atoms with Crippen LogP contribution in [-0.2, 0) is 26.0 Å². The van der Waals surface area contributed by atoms with Gasteiger partial charge in [0.15, 0.2) is 0 Å². The Kier molecular flexibility index (Phi) is 6.88. The van der Waals surface area contributed by atoms with Crippen LogP contribution in [0.15, 0.2) is 52.2 Å². The number of esters is 1. The smallest absolute Gasteiger partial charge is 0.339 e. The number of rotatable bonds is 7. The molecular formula is C25H28N2O6S. The zero-order valence-electron chi connectivity index (χ0n) is 19.5. The van der Waals surface area contributed by atoms with E-state index in [-0.39, 0.29) is 35.2 Å². The molecule has 0 aliphatic carbocycles. The molecule has 8 nitrogen and oxygen atoms in total. The zero-order chi connectivity index (χ0) is 24.5. The third kappa shape index (κ3) is 4.77. The lowest BCUT2D eigenvalue weighted by Gasteiger charge is -2.25. The summed E-state index contributed by atoms with van der Waals surface area (Å²) in [7, 11) is -2.96. The molecule has 1 aromatic heterocycles. The van der Waals surface area contributed by atoms with Crippen LogP contribution in [0.5, 0.6) is 0 Å². The normalized spacial score (nSPS) is 16.3. The summed E-state index contributed by atoms with van der Waals surface area (Å²) in [6.07, 6.45) is 1.27. The van der Waals surface area contributed by atoms with Gasteiger partial charge in [-0.05, 0) is 62.1 Å². The van der Waals surface area contributed by atoms with Crippen molar-refractivity contribution in [1.82, 2.24) is 9.29 Å². The molecule has 0 amide bonds. The van der Waals surface area contributed by atoms with Crippen LogP contribution in [-0.4, -0.2) is 50.0 Å². The molecule has 0 bridgehead atoms. The van der Waals surface area contributed by atoms with Crippen molar-refractivity contribution in [2.24, 2.45) is 0 Å². The molecule has 1 N–H and O–H groups in total.